The maximum atomic E-state index is 10.9. The molecule has 142 valence electrons. The molecule has 0 radical (unpaired) electrons. The number of nitrogens with one attached hydrogen (secondary N) is 1. The van der Waals surface area contributed by atoms with Crippen LogP contribution in [0.4, 0.5) is 11.5 Å². The van der Waals surface area contributed by atoms with Gasteiger partial charge in [0.25, 0.3) is 5.69 Å². The minimum absolute atomic E-state index is 0.0101. The molecule has 0 saturated carbocycles. The molecule has 8 nitrogen and oxygen atoms in total. The summed E-state index contributed by atoms with van der Waals surface area (Å²) in [5.74, 6) is 1.83. The molecule has 0 atom stereocenters. The lowest BCUT2D eigenvalue weighted by molar-refractivity contribution is -0.384. The van der Waals surface area contributed by atoms with Crippen molar-refractivity contribution in [3.8, 4) is 28.4 Å². The van der Waals surface area contributed by atoms with Crippen molar-refractivity contribution in [3.05, 3.63) is 64.2 Å². The SMILES string of the molecule is O=[N+]([O-])c1ccc(-c2nc(NCCO)c3c(n2)-c2ccccc2OCC3)cc1. The number of aromatic nitrogens is 2. The lowest BCUT2D eigenvalue weighted by Crippen LogP contribution is -2.12. The Morgan fingerprint density at radius 3 is 2.68 bits per heavy atom. The van der Waals surface area contributed by atoms with E-state index in [1.54, 1.807) is 12.1 Å². The summed E-state index contributed by atoms with van der Waals surface area (Å²) in [6, 6.07) is 13.8. The molecular formula is C20H18N4O4. The quantitative estimate of drug-likeness (QED) is 0.518. The Morgan fingerprint density at radius 1 is 1.14 bits per heavy atom. The molecule has 2 heterocycles. The standard InChI is InChI=1S/C20H18N4O4/c25-11-10-21-20-16-9-12-28-17-4-2-1-3-15(17)18(16)22-19(23-20)13-5-7-14(8-6-13)24(26)27/h1-8,25H,9-12H2,(H,21,22,23). The first-order valence-electron chi connectivity index (χ1n) is 8.90. The van der Waals surface area contributed by atoms with Crippen LogP contribution in [0.2, 0.25) is 0 Å². The number of hydrogen-bond acceptors (Lipinski definition) is 7. The Kier molecular flexibility index (Phi) is 4.86. The van der Waals surface area contributed by atoms with E-state index in [0.717, 1.165) is 22.6 Å². The molecular weight excluding hydrogens is 360 g/mol. The number of nitro benzene ring substituents is 1. The highest BCUT2D eigenvalue weighted by Crippen LogP contribution is 2.37. The van der Waals surface area contributed by atoms with Gasteiger partial charge in [0.05, 0.1) is 23.8 Å². The highest BCUT2D eigenvalue weighted by Gasteiger charge is 2.22. The Balaban J connectivity index is 1.87. The molecule has 2 N–H and O–H groups in total. The van der Waals surface area contributed by atoms with Crippen molar-refractivity contribution in [2.75, 3.05) is 25.1 Å². The smallest absolute Gasteiger partial charge is 0.269 e. The number of fused-ring (bicyclic) bond motifs is 3. The molecule has 0 saturated heterocycles. The third kappa shape index (κ3) is 3.37. The summed E-state index contributed by atoms with van der Waals surface area (Å²) in [6.07, 6.45) is 0.623. The minimum Gasteiger partial charge on any atom is -0.493 e. The number of hydrogen-bond donors (Lipinski definition) is 2. The van der Waals surface area contributed by atoms with Gasteiger partial charge in [-0.15, -0.1) is 0 Å². The van der Waals surface area contributed by atoms with E-state index in [1.165, 1.54) is 12.1 Å². The second kappa shape index (κ2) is 7.61. The number of rotatable bonds is 5. The molecule has 0 fully saturated rings. The molecule has 0 amide bonds. The van der Waals surface area contributed by atoms with Crippen LogP contribution in [0, 0.1) is 10.1 Å². The molecule has 8 heteroatoms. The molecule has 2 aromatic carbocycles. The molecule has 4 rings (SSSR count). The second-order valence-corrected chi connectivity index (χ2v) is 6.27. The molecule has 0 aliphatic carbocycles. The third-order valence-corrected chi connectivity index (χ3v) is 4.50. The van der Waals surface area contributed by atoms with Crippen LogP contribution >= 0.6 is 0 Å². The number of para-hydroxylation sites is 1. The predicted molar refractivity (Wildman–Crippen MR) is 104 cm³/mol. The summed E-state index contributed by atoms with van der Waals surface area (Å²) < 4.78 is 5.86. The number of aliphatic hydroxyl groups is 1. The Morgan fingerprint density at radius 2 is 1.93 bits per heavy atom. The average Bonchev–Trinajstić information content (AvgIpc) is 2.91. The van der Waals surface area contributed by atoms with Gasteiger partial charge in [-0.3, -0.25) is 10.1 Å². The minimum atomic E-state index is -0.441. The first-order chi connectivity index (χ1) is 13.7. The van der Waals surface area contributed by atoms with Crippen LogP contribution in [0.3, 0.4) is 0 Å². The normalized spacial score (nSPS) is 12.3. The number of nitrogens with zero attached hydrogens (tertiary/aromatic N) is 3. The molecule has 1 aliphatic heterocycles. The first kappa shape index (κ1) is 17.9. The Hall–Kier alpha value is -3.52. The van der Waals surface area contributed by atoms with Crippen LogP contribution in [0.5, 0.6) is 5.75 Å². The van der Waals surface area contributed by atoms with E-state index in [4.69, 9.17) is 9.72 Å². The van der Waals surface area contributed by atoms with E-state index in [0.29, 0.717) is 36.8 Å². The van der Waals surface area contributed by atoms with Gasteiger partial charge in [0.2, 0.25) is 0 Å². The van der Waals surface area contributed by atoms with Gasteiger partial charge >= 0.3 is 0 Å². The summed E-state index contributed by atoms with van der Waals surface area (Å²) in [5, 5.41) is 23.3. The number of non-ortho nitro benzene ring substituents is 1. The van der Waals surface area contributed by atoms with Crippen LogP contribution < -0.4 is 10.1 Å². The second-order valence-electron chi connectivity index (χ2n) is 6.27. The molecule has 0 spiro atoms. The van der Waals surface area contributed by atoms with Crippen LogP contribution in [0.15, 0.2) is 48.5 Å². The summed E-state index contributed by atoms with van der Waals surface area (Å²) >= 11 is 0. The van der Waals surface area contributed by atoms with Crippen molar-refractivity contribution >= 4 is 11.5 Å². The molecule has 1 aliphatic rings. The van der Waals surface area contributed by atoms with Gasteiger partial charge in [-0.25, -0.2) is 9.97 Å². The van der Waals surface area contributed by atoms with Gasteiger partial charge in [-0.2, -0.15) is 0 Å². The zero-order chi connectivity index (χ0) is 19.5. The van der Waals surface area contributed by atoms with Gasteiger partial charge in [-0.1, -0.05) is 12.1 Å². The third-order valence-electron chi connectivity index (χ3n) is 4.50. The van der Waals surface area contributed by atoms with Crippen molar-refractivity contribution in [3.63, 3.8) is 0 Å². The molecule has 1 aromatic heterocycles. The zero-order valence-corrected chi connectivity index (χ0v) is 15.0. The lowest BCUT2D eigenvalue weighted by atomic mass is 10.0. The number of anilines is 1. The average molecular weight is 378 g/mol. The van der Waals surface area contributed by atoms with E-state index >= 15 is 0 Å². The summed E-state index contributed by atoms with van der Waals surface area (Å²) in [6.45, 7) is 0.822. The largest absolute Gasteiger partial charge is 0.493 e. The monoisotopic (exact) mass is 378 g/mol. The summed E-state index contributed by atoms with van der Waals surface area (Å²) in [7, 11) is 0. The fourth-order valence-electron chi connectivity index (χ4n) is 3.18. The van der Waals surface area contributed by atoms with E-state index in [1.807, 2.05) is 24.3 Å². The molecule has 28 heavy (non-hydrogen) atoms. The maximum Gasteiger partial charge on any atom is 0.269 e. The van der Waals surface area contributed by atoms with Crippen molar-refractivity contribution in [1.82, 2.24) is 9.97 Å². The highest BCUT2D eigenvalue weighted by molar-refractivity contribution is 5.77. The van der Waals surface area contributed by atoms with Crippen LogP contribution in [0.1, 0.15) is 5.56 Å². The Bertz CT molecular complexity index is 1020. The van der Waals surface area contributed by atoms with Gasteiger partial charge in [0.1, 0.15) is 11.6 Å². The van der Waals surface area contributed by atoms with Crippen LogP contribution in [0.25, 0.3) is 22.6 Å². The summed E-state index contributed by atoms with van der Waals surface area (Å²) in [5.41, 5.74) is 3.23. The van der Waals surface area contributed by atoms with Crippen molar-refractivity contribution in [2.24, 2.45) is 0 Å². The molecule has 3 aromatic rings. The predicted octanol–water partition coefficient (Wildman–Crippen LogP) is 3.06. The van der Waals surface area contributed by atoms with E-state index in [2.05, 4.69) is 10.3 Å². The number of benzene rings is 2. The van der Waals surface area contributed by atoms with Gasteiger partial charge in [-0.05, 0) is 24.3 Å². The first-order valence-corrected chi connectivity index (χ1v) is 8.90. The summed E-state index contributed by atoms with van der Waals surface area (Å²) in [4.78, 5) is 19.9. The van der Waals surface area contributed by atoms with Crippen LogP contribution in [-0.4, -0.2) is 39.8 Å². The topological polar surface area (TPSA) is 110 Å². The molecule has 0 bridgehead atoms. The fraction of sp³-hybridized carbons (Fsp3) is 0.200. The van der Waals surface area contributed by atoms with Crippen molar-refractivity contribution < 1.29 is 14.8 Å². The fourth-order valence-corrected chi connectivity index (χ4v) is 3.18. The maximum absolute atomic E-state index is 10.9. The van der Waals surface area contributed by atoms with Crippen LogP contribution in [-0.2, 0) is 6.42 Å². The lowest BCUT2D eigenvalue weighted by Gasteiger charge is -2.15. The highest BCUT2D eigenvalue weighted by atomic mass is 16.6. The van der Waals surface area contributed by atoms with Gasteiger partial charge in [0.15, 0.2) is 5.82 Å². The number of ether oxygens (including phenoxy) is 1. The van der Waals surface area contributed by atoms with E-state index in [9.17, 15) is 15.2 Å². The van der Waals surface area contributed by atoms with Crippen molar-refractivity contribution in [2.45, 2.75) is 6.42 Å². The Labute approximate surface area is 161 Å². The molecule has 0 unspecified atom stereocenters. The van der Waals surface area contributed by atoms with E-state index < -0.39 is 4.92 Å². The van der Waals surface area contributed by atoms with Crippen molar-refractivity contribution in [1.29, 1.82) is 0 Å². The van der Waals surface area contributed by atoms with Gasteiger partial charge in [0, 0.05) is 41.8 Å². The number of aliphatic hydroxyl groups excluding tert-OH is 1. The van der Waals surface area contributed by atoms with Gasteiger partial charge < -0.3 is 15.2 Å². The number of nitro groups is 1. The van der Waals surface area contributed by atoms with E-state index in [-0.39, 0.29) is 12.3 Å². The zero-order valence-electron chi connectivity index (χ0n) is 15.0.